The van der Waals surface area contributed by atoms with E-state index in [1.807, 2.05) is 0 Å². The Hall–Kier alpha value is -3.40. The molecule has 2 atom stereocenters. The van der Waals surface area contributed by atoms with Gasteiger partial charge in [0.25, 0.3) is 11.8 Å². The van der Waals surface area contributed by atoms with Crippen LogP contribution in [0.15, 0.2) is 70.9 Å². The number of benzene rings is 2. The second kappa shape index (κ2) is 11.4. The lowest BCUT2D eigenvalue weighted by molar-refractivity contribution is -0.00975. The standard InChI is InChI=1S/C20H22N4O5/c25-13-18(27)17(26)11-16(22-24-20(29)15-9-5-2-6-10-15)12-21-23-19(28)14-7-3-1-4-8-14/h1-10,12,17-18,25-27H,11,13H2,(H,23,28)(H,24,29)/t17-,18+/m0/s1. The topological polar surface area (TPSA) is 144 Å². The van der Waals surface area contributed by atoms with Crippen LogP contribution in [0.3, 0.4) is 0 Å². The summed E-state index contributed by atoms with van der Waals surface area (Å²) in [6.07, 6.45) is -1.82. The first kappa shape index (κ1) is 21.9. The predicted octanol–water partition coefficient (Wildman–Crippen LogP) is 0.292. The molecular weight excluding hydrogens is 376 g/mol. The van der Waals surface area contributed by atoms with E-state index >= 15 is 0 Å². The molecule has 0 saturated heterocycles. The minimum Gasteiger partial charge on any atom is -0.394 e. The van der Waals surface area contributed by atoms with Gasteiger partial charge in [-0.25, -0.2) is 10.9 Å². The third-order valence-electron chi connectivity index (χ3n) is 3.80. The van der Waals surface area contributed by atoms with Crippen molar-refractivity contribution in [3.05, 3.63) is 71.8 Å². The van der Waals surface area contributed by atoms with Crippen molar-refractivity contribution in [2.24, 2.45) is 10.2 Å². The average Bonchev–Trinajstić information content (AvgIpc) is 2.77. The number of nitrogens with one attached hydrogen (secondary N) is 2. The molecule has 2 rings (SSSR count). The highest BCUT2D eigenvalue weighted by molar-refractivity contribution is 6.31. The molecule has 0 aliphatic heterocycles. The van der Waals surface area contributed by atoms with E-state index in [9.17, 15) is 19.8 Å². The van der Waals surface area contributed by atoms with E-state index in [1.165, 1.54) is 0 Å². The number of carbonyl (C=O) groups is 2. The van der Waals surface area contributed by atoms with E-state index in [4.69, 9.17) is 5.11 Å². The summed E-state index contributed by atoms with van der Waals surface area (Å²) < 4.78 is 0. The Labute approximate surface area is 167 Å². The molecule has 0 heterocycles. The molecule has 0 fully saturated rings. The van der Waals surface area contributed by atoms with Gasteiger partial charge in [-0.2, -0.15) is 10.2 Å². The van der Waals surface area contributed by atoms with Gasteiger partial charge in [-0.05, 0) is 24.3 Å². The Balaban J connectivity index is 2.07. The Morgan fingerprint density at radius 2 is 1.38 bits per heavy atom. The SMILES string of the molecule is O=C(NN=CC(C[C@H](O)[C@H](O)CO)=NNC(=O)c1ccccc1)c1ccccc1. The van der Waals surface area contributed by atoms with Crippen LogP contribution in [-0.2, 0) is 0 Å². The van der Waals surface area contributed by atoms with Crippen molar-refractivity contribution < 1.29 is 24.9 Å². The van der Waals surface area contributed by atoms with Gasteiger partial charge in [0, 0.05) is 17.5 Å². The maximum atomic E-state index is 12.1. The number of hydrogen-bond donors (Lipinski definition) is 5. The van der Waals surface area contributed by atoms with Crippen LogP contribution >= 0.6 is 0 Å². The number of hydrogen-bond acceptors (Lipinski definition) is 7. The molecule has 0 unspecified atom stereocenters. The van der Waals surface area contributed by atoms with Gasteiger partial charge in [-0.3, -0.25) is 9.59 Å². The van der Waals surface area contributed by atoms with Gasteiger partial charge in [0.1, 0.15) is 6.10 Å². The van der Waals surface area contributed by atoms with Crippen LogP contribution in [0.5, 0.6) is 0 Å². The van der Waals surface area contributed by atoms with Gasteiger partial charge >= 0.3 is 0 Å². The summed E-state index contributed by atoms with van der Waals surface area (Å²) in [4.78, 5) is 24.1. The van der Waals surface area contributed by atoms with Crippen LogP contribution in [0.2, 0.25) is 0 Å². The second-order valence-corrected chi connectivity index (χ2v) is 6.00. The minimum atomic E-state index is -1.39. The number of aliphatic hydroxyl groups excluding tert-OH is 3. The van der Waals surface area contributed by atoms with Crippen molar-refractivity contribution in [2.45, 2.75) is 18.6 Å². The molecule has 0 aliphatic rings. The monoisotopic (exact) mass is 398 g/mol. The third kappa shape index (κ3) is 7.26. The van der Waals surface area contributed by atoms with Gasteiger partial charge < -0.3 is 15.3 Å². The molecule has 0 radical (unpaired) electrons. The van der Waals surface area contributed by atoms with E-state index in [-0.39, 0.29) is 12.1 Å². The summed E-state index contributed by atoms with van der Waals surface area (Å²) in [6.45, 7) is -0.646. The summed E-state index contributed by atoms with van der Waals surface area (Å²) in [5.74, 6) is -0.938. The number of nitrogens with zero attached hydrogens (tertiary/aromatic N) is 2. The first-order chi connectivity index (χ1) is 14.0. The summed E-state index contributed by atoms with van der Waals surface area (Å²) in [5, 5.41) is 36.1. The van der Waals surface area contributed by atoms with Crippen LogP contribution < -0.4 is 10.9 Å². The third-order valence-corrected chi connectivity index (χ3v) is 3.80. The Morgan fingerprint density at radius 3 is 1.90 bits per heavy atom. The quantitative estimate of drug-likeness (QED) is 0.305. The van der Waals surface area contributed by atoms with E-state index in [1.54, 1.807) is 60.7 Å². The van der Waals surface area contributed by atoms with E-state index in [0.29, 0.717) is 11.1 Å². The van der Waals surface area contributed by atoms with Gasteiger partial charge in [-0.1, -0.05) is 36.4 Å². The molecule has 0 aromatic heterocycles. The molecule has 2 amide bonds. The van der Waals surface area contributed by atoms with Gasteiger partial charge in [-0.15, -0.1) is 0 Å². The fourth-order valence-corrected chi connectivity index (χ4v) is 2.20. The van der Waals surface area contributed by atoms with Gasteiger partial charge in [0.15, 0.2) is 0 Å². The summed E-state index contributed by atoms with van der Waals surface area (Å²) in [7, 11) is 0. The molecule has 9 heteroatoms. The first-order valence-electron chi connectivity index (χ1n) is 8.78. The summed E-state index contributed by atoms with van der Waals surface area (Å²) in [5.41, 5.74) is 5.48. The Morgan fingerprint density at radius 1 is 0.862 bits per heavy atom. The van der Waals surface area contributed by atoms with Crippen LogP contribution in [0.1, 0.15) is 27.1 Å². The molecule has 152 valence electrons. The molecule has 2 aromatic carbocycles. The number of rotatable bonds is 9. The predicted molar refractivity (Wildman–Crippen MR) is 107 cm³/mol. The zero-order valence-corrected chi connectivity index (χ0v) is 15.5. The van der Waals surface area contributed by atoms with Crippen LogP contribution in [0.25, 0.3) is 0 Å². The van der Waals surface area contributed by atoms with E-state index in [0.717, 1.165) is 6.21 Å². The first-order valence-corrected chi connectivity index (χ1v) is 8.78. The molecule has 2 aromatic rings. The van der Waals surface area contributed by atoms with Crippen LogP contribution in [0, 0.1) is 0 Å². The maximum Gasteiger partial charge on any atom is 0.271 e. The van der Waals surface area contributed by atoms with Crippen molar-refractivity contribution in [3.63, 3.8) is 0 Å². The van der Waals surface area contributed by atoms with Gasteiger partial charge in [0.05, 0.1) is 24.6 Å². The molecule has 0 bridgehead atoms. The minimum absolute atomic E-state index is 0.0719. The highest BCUT2D eigenvalue weighted by atomic mass is 16.4. The van der Waals surface area contributed by atoms with Crippen molar-refractivity contribution in [3.8, 4) is 0 Å². The number of carbonyl (C=O) groups excluding carboxylic acids is 2. The lowest BCUT2D eigenvalue weighted by atomic mass is 10.1. The van der Waals surface area contributed by atoms with Crippen molar-refractivity contribution in [1.82, 2.24) is 10.9 Å². The molecule has 5 N–H and O–H groups in total. The van der Waals surface area contributed by atoms with Crippen LogP contribution in [-0.4, -0.2) is 57.9 Å². The van der Waals surface area contributed by atoms with Crippen LogP contribution in [0.4, 0.5) is 0 Å². The number of hydrazone groups is 2. The highest BCUT2D eigenvalue weighted by Gasteiger charge is 2.17. The number of aliphatic hydroxyl groups is 3. The summed E-state index contributed by atoms with van der Waals surface area (Å²) in [6, 6.07) is 16.8. The van der Waals surface area contributed by atoms with E-state index < -0.39 is 30.6 Å². The number of amides is 2. The zero-order chi connectivity index (χ0) is 21.1. The van der Waals surface area contributed by atoms with Gasteiger partial charge in [0.2, 0.25) is 0 Å². The summed E-state index contributed by atoms with van der Waals surface area (Å²) >= 11 is 0. The fraction of sp³-hybridized carbons (Fsp3) is 0.200. The van der Waals surface area contributed by atoms with Crippen molar-refractivity contribution in [2.75, 3.05) is 6.61 Å². The molecule has 9 nitrogen and oxygen atoms in total. The smallest absolute Gasteiger partial charge is 0.271 e. The largest absolute Gasteiger partial charge is 0.394 e. The Kier molecular flexibility index (Phi) is 8.64. The molecular formula is C20H22N4O5. The molecule has 29 heavy (non-hydrogen) atoms. The normalized spacial score (nSPS) is 13.7. The fourth-order valence-electron chi connectivity index (χ4n) is 2.20. The average molecular weight is 398 g/mol. The lowest BCUT2D eigenvalue weighted by Crippen LogP contribution is -2.33. The highest BCUT2D eigenvalue weighted by Crippen LogP contribution is 2.02. The van der Waals surface area contributed by atoms with Crippen molar-refractivity contribution >= 4 is 23.7 Å². The van der Waals surface area contributed by atoms with E-state index in [2.05, 4.69) is 21.1 Å². The Bertz CT molecular complexity index is 856. The molecule has 0 spiro atoms. The van der Waals surface area contributed by atoms with Crippen molar-refractivity contribution in [1.29, 1.82) is 0 Å². The molecule has 0 saturated carbocycles. The maximum absolute atomic E-state index is 12.1. The zero-order valence-electron chi connectivity index (χ0n) is 15.5. The second-order valence-electron chi connectivity index (χ2n) is 6.00. The lowest BCUT2D eigenvalue weighted by Gasteiger charge is -2.15. The molecule has 0 aliphatic carbocycles.